The first-order valence-electron chi connectivity index (χ1n) is 8.97. The number of hydrogen-bond donors (Lipinski definition) is 2. The van der Waals surface area contributed by atoms with E-state index in [-0.39, 0.29) is 12.6 Å². The Morgan fingerprint density at radius 2 is 1.92 bits per heavy atom. The average molecular weight is 340 g/mol. The molecule has 1 unspecified atom stereocenters. The second-order valence-electron chi connectivity index (χ2n) is 6.82. The van der Waals surface area contributed by atoms with Crippen molar-refractivity contribution in [2.24, 2.45) is 0 Å². The zero-order valence-electron chi connectivity index (χ0n) is 15.2. The lowest BCUT2D eigenvalue weighted by Gasteiger charge is -2.33. The quantitative estimate of drug-likeness (QED) is 0.844. The van der Waals surface area contributed by atoms with Crippen molar-refractivity contribution in [1.29, 1.82) is 0 Å². The molecule has 0 spiro atoms. The third kappa shape index (κ3) is 4.78. The summed E-state index contributed by atoms with van der Waals surface area (Å²) in [7, 11) is 2.16. The van der Waals surface area contributed by atoms with Crippen LogP contribution in [0.3, 0.4) is 0 Å². The number of nitrogens with one attached hydrogen (secondary N) is 1. The summed E-state index contributed by atoms with van der Waals surface area (Å²) in [6.07, 6.45) is 1.97. The molecule has 5 nitrogen and oxygen atoms in total. The fourth-order valence-corrected chi connectivity index (χ4v) is 3.09. The molecule has 0 radical (unpaired) electrons. The van der Waals surface area contributed by atoms with Crippen molar-refractivity contribution in [2.45, 2.75) is 26.1 Å². The van der Waals surface area contributed by atoms with Crippen LogP contribution in [0.4, 0.5) is 5.82 Å². The number of rotatable bonds is 6. The van der Waals surface area contributed by atoms with Crippen LogP contribution in [0.1, 0.15) is 29.7 Å². The molecule has 25 heavy (non-hydrogen) atoms. The van der Waals surface area contributed by atoms with E-state index >= 15 is 0 Å². The first-order chi connectivity index (χ1) is 12.2. The molecule has 1 fully saturated rings. The number of aromatic nitrogens is 1. The van der Waals surface area contributed by atoms with Gasteiger partial charge in [-0.1, -0.05) is 30.3 Å². The van der Waals surface area contributed by atoms with Crippen LogP contribution in [-0.2, 0) is 13.2 Å². The SMILES string of the molecule is CC(NCc1ccc(N2CCN(C)CC2)nc1)c1cccc(CO)c1. The van der Waals surface area contributed by atoms with Crippen LogP contribution >= 0.6 is 0 Å². The number of pyridine rings is 1. The molecule has 1 aromatic heterocycles. The van der Waals surface area contributed by atoms with Crippen LogP contribution < -0.4 is 10.2 Å². The Labute approximate surface area is 150 Å². The van der Waals surface area contributed by atoms with Gasteiger partial charge in [0, 0.05) is 45.0 Å². The number of anilines is 1. The molecule has 1 saturated heterocycles. The van der Waals surface area contributed by atoms with Crippen LogP contribution in [-0.4, -0.2) is 48.2 Å². The number of piperazine rings is 1. The van der Waals surface area contributed by atoms with E-state index in [2.05, 4.69) is 52.3 Å². The highest BCUT2D eigenvalue weighted by molar-refractivity contribution is 5.40. The van der Waals surface area contributed by atoms with Gasteiger partial charge in [-0.3, -0.25) is 0 Å². The highest BCUT2D eigenvalue weighted by atomic mass is 16.3. The Morgan fingerprint density at radius 1 is 1.12 bits per heavy atom. The van der Waals surface area contributed by atoms with Gasteiger partial charge in [0.05, 0.1) is 6.61 Å². The van der Waals surface area contributed by atoms with Crippen molar-refractivity contribution in [3.63, 3.8) is 0 Å². The van der Waals surface area contributed by atoms with Gasteiger partial charge in [-0.2, -0.15) is 0 Å². The van der Waals surface area contributed by atoms with Crippen LogP contribution in [0.2, 0.25) is 0 Å². The van der Waals surface area contributed by atoms with Gasteiger partial charge >= 0.3 is 0 Å². The summed E-state index contributed by atoms with van der Waals surface area (Å²) in [5, 5.41) is 12.8. The maximum Gasteiger partial charge on any atom is 0.128 e. The molecule has 0 bridgehead atoms. The molecule has 134 valence electrons. The second-order valence-corrected chi connectivity index (χ2v) is 6.82. The van der Waals surface area contributed by atoms with Gasteiger partial charge < -0.3 is 20.2 Å². The molecule has 1 aromatic carbocycles. The van der Waals surface area contributed by atoms with E-state index in [9.17, 15) is 5.11 Å². The van der Waals surface area contributed by atoms with Crippen molar-refractivity contribution >= 4 is 5.82 Å². The summed E-state index contributed by atoms with van der Waals surface area (Å²) in [5.74, 6) is 1.07. The molecule has 0 amide bonds. The summed E-state index contributed by atoms with van der Waals surface area (Å²) in [5.41, 5.74) is 3.32. The fraction of sp³-hybridized carbons (Fsp3) is 0.450. The normalized spacial score (nSPS) is 16.8. The summed E-state index contributed by atoms with van der Waals surface area (Å²) in [6.45, 7) is 7.27. The number of hydrogen-bond acceptors (Lipinski definition) is 5. The Balaban J connectivity index is 1.54. The zero-order chi connectivity index (χ0) is 17.6. The average Bonchev–Trinajstić information content (AvgIpc) is 2.67. The van der Waals surface area contributed by atoms with E-state index in [1.807, 2.05) is 24.4 Å². The van der Waals surface area contributed by atoms with Crippen molar-refractivity contribution in [3.8, 4) is 0 Å². The number of benzene rings is 1. The molecule has 1 aliphatic heterocycles. The van der Waals surface area contributed by atoms with Crippen molar-refractivity contribution in [1.82, 2.24) is 15.2 Å². The monoisotopic (exact) mass is 340 g/mol. The van der Waals surface area contributed by atoms with Gasteiger partial charge in [0.2, 0.25) is 0 Å². The Morgan fingerprint density at radius 3 is 2.60 bits per heavy atom. The van der Waals surface area contributed by atoms with E-state index in [1.54, 1.807) is 0 Å². The van der Waals surface area contributed by atoms with Crippen molar-refractivity contribution < 1.29 is 5.11 Å². The van der Waals surface area contributed by atoms with Crippen molar-refractivity contribution in [3.05, 3.63) is 59.3 Å². The first-order valence-corrected chi connectivity index (χ1v) is 8.97. The van der Waals surface area contributed by atoms with Gasteiger partial charge in [-0.15, -0.1) is 0 Å². The minimum absolute atomic E-state index is 0.0816. The molecular weight excluding hydrogens is 312 g/mol. The van der Waals surface area contributed by atoms with E-state index in [4.69, 9.17) is 0 Å². The molecular formula is C20H28N4O. The number of likely N-dealkylation sites (N-methyl/N-ethyl adjacent to an activating group) is 1. The summed E-state index contributed by atoms with van der Waals surface area (Å²) >= 11 is 0. The molecule has 1 atom stereocenters. The first kappa shape index (κ1) is 17.9. The molecule has 2 aromatic rings. The Hall–Kier alpha value is -1.95. The van der Waals surface area contributed by atoms with Crippen LogP contribution in [0.15, 0.2) is 42.6 Å². The van der Waals surface area contributed by atoms with E-state index < -0.39 is 0 Å². The molecule has 0 saturated carbocycles. The summed E-state index contributed by atoms with van der Waals surface area (Å²) < 4.78 is 0. The number of nitrogens with zero attached hydrogens (tertiary/aromatic N) is 3. The van der Waals surface area contributed by atoms with E-state index in [0.717, 1.165) is 44.1 Å². The lowest BCUT2D eigenvalue weighted by molar-refractivity contribution is 0.281. The highest BCUT2D eigenvalue weighted by Crippen LogP contribution is 2.16. The maximum atomic E-state index is 9.26. The maximum absolute atomic E-state index is 9.26. The molecule has 5 heteroatoms. The largest absolute Gasteiger partial charge is 0.392 e. The molecule has 2 heterocycles. The van der Waals surface area contributed by atoms with Gasteiger partial charge in [0.1, 0.15) is 5.82 Å². The third-order valence-corrected chi connectivity index (χ3v) is 4.88. The van der Waals surface area contributed by atoms with Gasteiger partial charge in [-0.05, 0) is 36.7 Å². The van der Waals surface area contributed by atoms with Crippen LogP contribution in [0, 0.1) is 0 Å². The minimum Gasteiger partial charge on any atom is -0.392 e. The standard InChI is InChI=1S/C20H28N4O/c1-16(19-5-3-4-17(12-19)15-25)21-13-18-6-7-20(22-14-18)24-10-8-23(2)9-11-24/h3-7,12,14,16,21,25H,8-11,13,15H2,1-2H3. The minimum atomic E-state index is 0.0816. The lowest BCUT2D eigenvalue weighted by Crippen LogP contribution is -2.44. The van der Waals surface area contributed by atoms with Crippen molar-refractivity contribution in [2.75, 3.05) is 38.1 Å². The molecule has 1 aliphatic rings. The zero-order valence-corrected chi connectivity index (χ0v) is 15.2. The van der Waals surface area contributed by atoms with Gasteiger partial charge in [-0.25, -0.2) is 4.98 Å². The Kier molecular flexibility index (Phi) is 6.02. The highest BCUT2D eigenvalue weighted by Gasteiger charge is 2.15. The summed E-state index contributed by atoms with van der Waals surface area (Å²) in [4.78, 5) is 9.34. The number of aliphatic hydroxyl groups is 1. The number of aliphatic hydroxyl groups excluding tert-OH is 1. The topological polar surface area (TPSA) is 51.6 Å². The van der Waals surface area contributed by atoms with E-state index in [1.165, 1.54) is 11.1 Å². The molecule has 2 N–H and O–H groups in total. The molecule has 3 rings (SSSR count). The molecule has 0 aliphatic carbocycles. The predicted octanol–water partition coefficient (Wildman–Crippen LogP) is 2.18. The van der Waals surface area contributed by atoms with Gasteiger partial charge in [0.15, 0.2) is 0 Å². The smallest absolute Gasteiger partial charge is 0.128 e. The van der Waals surface area contributed by atoms with Crippen LogP contribution in [0.5, 0.6) is 0 Å². The fourth-order valence-electron chi connectivity index (χ4n) is 3.09. The van der Waals surface area contributed by atoms with E-state index in [0.29, 0.717) is 0 Å². The Bertz CT molecular complexity index is 666. The lowest BCUT2D eigenvalue weighted by atomic mass is 10.1. The predicted molar refractivity (Wildman–Crippen MR) is 102 cm³/mol. The second kappa shape index (κ2) is 8.43. The third-order valence-electron chi connectivity index (χ3n) is 4.88. The van der Waals surface area contributed by atoms with Crippen LogP contribution in [0.25, 0.3) is 0 Å². The summed E-state index contributed by atoms with van der Waals surface area (Å²) in [6, 6.07) is 12.6. The van der Waals surface area contributed by atoms with Gasteiger partial charge in [0.25, 0.3) is 0 Å².